The van der Waals surface area contributed by atoms with Crippen molar-refractivity contribution in [2.75, 3.05) is 6.54 Å². The minimum atomic E-state index is -2.74. The zero-order valence-electron chi connectivity index (χ0n) is 11.4. The van der Waals surface area contributed by atoms with Gasteiger partial charge in [0.15, 0.2) is 0 Å². The normalized spacial score (nSPS) is 13.9. The van der Waals surface area contributed by atoms with Gasteiger partial charge in [-0.05, 0) is 36.4 Å². The second kappa shape index (κ2) is 6.28. The summed E-state index contributed by atoms with van der Waals surface area (Å²) >= 11 is 0. The standard InChI is InChI=1S/C15H23F2N/c1-11(2)9-15(16,17)14-6-4-5-13(8-14)7-12(3)10-18/h4-6,8,11-12H,7,9-10,18H2,1-3H3. The topological polar surface area (TPSA) is 26.0 Å². The highest BCUT2D eigenvalue weighted by Gasteiger charge is 2.32. The van der Waals surface area contributed by atoms with Crippen molar-refractivity contribution >= 4 is 0 Å². The van der Waals surface area contributed by atoms with Crippen LogP contribution in [-0.2, 0) is 12.3 Å². The molecule has 0 amide bonds. The summed E-state index contributed by atoms with van der Waals surface area (Å²) in [6.07, 6.45) is 0.644. The average Bonchev–Trinajstić information content (AvgIpc) is 2.27. The van der Waals surface area contributed by atoms with Crippen LogP contribution in [0.2, 0.25) is 0 Å². The SMILES string of the molecule is CC(C)CC(F)(F)c1cccc(CC(C)CN)c1. The molecule has 0 heterocycles. The maximum Gasteiger partial charge on any atom is 0.273 e. The zero-order valence-corrected chi connectivity index (χ0v) is 11.4. The molecule has 18 heavy (non-hydrogen) atoms. The predicted octanol–water partition coefficient (Wildman–Crippen LogP) is 3.96. The van der Waals surface area contributed by atoms with E-state index >= 15 is 0 Å². The van der Waals surface area contributed by atoms with Crippen LogP contribution in [0.1, 0.15) is 38.3 Å². The minimum absolute atomic E-state index is 0.0216. The number of benzene rings is 1. The Morgan fingerprint density at radius 1 is 1.22 bits per heavy atom. The van der Waals surface area contributed by atoms with Gasteiger partial charge in [0.25, 0.3) is 5.92 Å². The second-order valence-corrected chi connectivity index (χ2v) is 5.55. The van der Waals surface area contributed by atoms with Crippen LogP contribution in [0.15, 0.2) is 24.3 Å². The third kappa shape index (κ3) is 4.37. The van der Waals surface area contributed by atoms with Gasteiger partial charge in [-0.3, -0.25) is 0 Å². The molecule has 0 saturated carbocycles. The minimum Gasteiger partial charge on any atom is -0.330 e. The highest BCUT2D eigenvalue weighted by atomic mass is 19.3. The van der Waals surface area contributed by atoms with Crippen molar-refractivity contribution in [2.45, 2.75) is 39.5 Å². The summed E-state index contributed by atoms with van der Waals surface area (Å²) in [4.78, 5) is 0. The van der Waals surface area contributed by atoms with E-state index < -0.39 is 5.92 Å². The molecule has 0 bridgehead atoms. The van der Waals surface area contributed by atoms with Crippen molar-refractivity contribution in [3.8, 4) is 0 Å². The Morgan fingerprint density at radius 2 is 1.89 bits per heavy atom. The van der Waals surface area contributed by atoms with Gasteiger partial charge in [0.2, 0.25) is 0 Å². The molecule has 1 aromatic carbocycles. The van der Waals surface area contributed by atoms with Crippen LogP contribution in [-0.4, -0.2) is 6.54 Å². The number of hydrogen-bond donors (Lipinski definition) is 1. The van der Waals surface area contributed by atoms with Crippen LogP contribution < -0.4 is 5.73 Å². The first-order chi connectivity index (χ1) is 8.35. The van der Waals surface area contributed by atoms with Crippen molar-refractivity contribution in [1.29, 1.82) is 0 Å². The lowest BCUT2D eigenvalue weighted by Gasteiger charge is -2.20. The van der Waals surface area contributed by atoms with Gasteiger partial charge in [-0.15, -0.1) is 0 Å². The van der Waals surface area contributed by atoms with Crippen LogP contribution in [0.4, 0.5) is 8.78 Å². The highest BCUT2D eigenvalue weighted by molar-refractivity contribution is 5.27. The molecule has 3 heteroatoms. The molecule has 2 N–H and O–H groups in total. The van der Waals surface area contributed by atoms with E-state index in [9.17, 15) is 8.78 Å². The van der Waals surface area contributed by atoms with Gasteiger partial charge in [0, 0.05) is 12.0 Å². The Hall–Kier alpha value is -0.960. The maximum atomic E-state index is 14.0. The fraction of sp³-hybridized carbons (Fsp3) is 0.600. The number of halogens is 2. The van der Waals surface area contributed by atoms with E-state index in [1.165, 1.54) is 6.07 Å². The molecule has 1 rings (SSSR count). The molecule has 0 aromatic heterocycles. The fourth-order valence-corrected chi connectivity index (χ4v) is 2.04. The van der Waals surface area contributed by atoms with Crippen LogP contribution in [0.3, 0.4) is 0 Å². The zero-order chi connectivity index (χ0) is 13.8. The molecule has 0 fully saturated rings. The number of alkyl halides is 2. The summed E-state index contributed by atoms with van der Waals surface area (Å²) < 4.78 is 28.0. The lowest BCUT2D eigenvalue weighted by atomic mass is 9.94. The Kier molecular flexibility index (Phi) is 5.27. The summed E-state index contributed by atoms with van der Waals surface area (Å²) in [5.41, 5.74) is 6.62. The monoisotopic (exact) mass is 255 g/mol. The van der Waals surface area contributed by atoms with Crippen molar-refractivity contribution in [3.05, 3.63) is 35.4 Å². The van der Waals surface area contributed by atoms with E-state index in [2.05, 4.69) is 0 Å². The van der Waals surface area contributed by atoms with Gasteiger partial charge in [-0.1, -0.05) is 39.0 Å². The second-order valence-electron chi connectivity index (χ2n) is 5.55. The summed E-state index contributed by atoms with van der Waals surface area (Å²) in [5.74, 6) is -2.44. The molecule has 102 valence electrons. The molecule has 1 nitrogen and oxygen atoms in total. The van der Waals surface area contributed by atoms with E-state index in [0.29, 0.717) is 12.5 Å². The van der Waals surface area contributed by atoms with Gasteiger partial charge in [-0.25, -0.2) is 8.78 Å². The number of hydrogen-bond acceptors (Lipinski definition) is 1. The first-order valence-electron chi connectivity index (χ1n) is 6.52. The molecule has 0 saturated heterocycles. The van der Waals surface area contributed by atoms with E-state index in [4.69, 9.17) is 5.73 Å². The van der Waals surface area contributed by atoms with Gasteiger partial charge in [0.05, 0.1) is 0 Å². The maximum absolute atomic E-state index is 14.0. The molecule has 0 aliphatic carbocycles. The Bertz CT molecular complexity index is 375. The molecule has 1 atom stereocenters. The van der Waals surface area contributed by atoms with Crippen LogP contribution in [0.5, 0.6) is 0 Å². The largest absolute Gasteiger partial charge is 0.330 e. The molecule has 0 aliphatic rings. The van der Waals surface area contributed by atoms with E-state index in [1.807, 2.05) is 26.8 Å². The molecule has 0 aliphatic heterocycles. The van der Waals surface area contributed by atoms with Crippen molar-refractivity contribution in [3.63, 3.8) is 0 Å². The quantitative estimate of drug-likeness (QED) is 0.818. The summed E-state index contributed by atoms with van der Waals surface area (Å²) in [5, 5.41) is 0. The number of rotatable bonds is 6. The summed E-state index contributed by atoms with van der Waals surface area (Å²) in [7, 11) is 0. The molecule has 1 unspecified atom stereocenters. The smallest absolute Gasteiger partial charge is 0.273 e. The Labute approximate surface area is 108 Å². The lowest BCUT2D eigenvalue weighted by molar-refractivity contribution is -0.0250. The van der Waals surface area contributed by atoms with Crippen molar-refractivity contribution in [2.24, 2.45) is 17.6 Å². The van der Waals surface area contributed by atoms with Crippen LogP contribution in [0, 0.1) is 11.8 Å². The van der Waals surface area contributed by atoms with Gasteiger partial charge in [-0.2, -0.15) is 0 Å². The first kappa shape index (κ1) is 15.1. The number of nitrogens with two attached hydrogens (primary N) is 1. The molecular formula is C15H23F2N. The predicted molar refractivity (Wildman–Crippen MR) is 71.7 cm³/mol. The Balaban J connectivity index is 2.87. The van der Waals surface area contributed by atoms with Crippen molar-refractivity contribution in [1.82, 2.24) is 0 Å². The van der Waals surface area contributed by atoms with Gasteiger partial charge < -0.3 is 5.73 Å². The molecule has 0 radical (unpaired) electrons. The molecule has 1 aromatic rings. The van der Waals surface area contributed by atoms with E-state index in [1.54, 1.807) is 12.1 Å². The van der Waals surface area contributed by atoms with Gasteiger partial charge in [0.1, 0.15) is 0 Å². The summed E-state index contributed by atoms with van der Waals surface area (Å²) in [6, 6.07) is 6.73. The lowest BCUT2D eigenvalue weighted by Crippen LogP contribution is -2.17. The third-order valence-corrected chi connectivity index (χ3v) is 3.00. The molecular weight excluding hydrogens is 232 g/mol. The summed E-state index contributed by atoms with van der Waals surface area (Å²) in [6.45, 7) is 6.23. The highest BCUT2D eigenvalue weighted by Crippen LogP contribution is 2.35. The average molecular weight is 255 g/mol. The van der Waals surface area contributed by atoms with Crippen LogP contribution >= 0.6 is 0 Å². The third-order valence-electron chi connectivity index (χ3n) is 3.00. The molecule has 0 spiro atoms. The van der Waals surface area contributed by atoms with Crippen LogP contribution in [0.25, 0.3) is 0 Å². The van der Waals surface area contributed by atoms with Crippen molar-refractivity contribution < 1.29 is 8.78 Å². The fourth-order valence-electron chi connectivity index (χ4n) is 2.04. The van der Waals surface area contributed by atoms with E-state index in [-0.39, 0.29) is 17.9 Å². The Morgan fingerprint density at radius 3 is 2.44 bits per heavy atom. The van der Waals surface area contributed by atoms with E-state index in [0.717, 1.165) is 12.0 Å². The van der Waals surface area contributed by atoms with Gasteiger partial charge >= 0.3 is 0 Å². The first-order valence-corrected chi connectivity index (χ1v) is 6.52.